The maximum Gasteiger partial charge on any atom is 0.264 e. The van der Waals surface area contributed by atoms with Crippen LogP contribution in [0.4, 0.5) is 0 Å². The van der Waals surface area contributed by atoms with E-state index in [0.717, 1.165) is 5.75 Å². The van der Waals surface area contributed by atoms with Gasteiger partial charge in [0, 0.05) is 0 Å². The van der Waals surface area contributed by atoms with Crippen LogP contribution in [0.25, 0.3) is 0 Å². The van der Waals surface area contributed by atoms with Gasteiger partial charge in [0.05, 0.1) is 19.2 Å². The number of hydrogen-bond acceptors (Lipinski definition) is 5. The number of nitrogens with zero attached hydrogens (tertiary/aromatic N) is 1. The van der Waals surface area contributed by atoms with Gasteiger partial charge in [-0.2, -0.15) is 0 Å². The highest BCUT2D eigenvalue weighted by Crippen LogP contribution is 2.19. The first-order valence-electron chi connectivity index (χ1n) is 6.28. The predicted octanol–water partition coefficient (Wildman–Crippen LogP) is 3.00. The van der Waals surface area contributed by atoms with E-state index in [1.54, 1.807) is 7.11 Å². The summed E-state index contributed by atoms with van der Waals surface area (Å²) < 4.78 is 10.8. The third kappa shape index (κ3) is 4.34. The molecular weight excluding hydrogens is 312 g/mol. The Morgan fingerprint density at radius 1 is 1.38 bits per heavy atom. The highest BCUT2D eigenvalue weighted by atomic mass is 35.5. The summed E-state index contributed by atoms with van der Waals surface area (Å²) in [7, 11) is 1.61. The molecule has 7 heteroatoms. The Balaban J connectivity index is 1.83. The molecule has 0 aliphatic carbocycles. The lowest BCUT2D eigenvalue weighted by atomic mass is 10.3. The molecular formula is C14H15ClN2O3S. The van der Waals surface area contributed by atoms with Gasteiger partial charge in [-0.15, -0.1) is 11.3 Å². The summed E-state index contributed by atoms with van der Waals surface area (Å²) in [6, 6.07) is 7.27. The number of ether oxygens (including phenoxy) is 2. The molecule has 0 saturated carbocycles. The summed E-state index contributed by atoms with van der Waals surface area (Å²) in [5.41, 5.74) is 1.54. The van der Waals surface area contributed by atoms with E-state index in [1.807, 2.05) is 31.2 Å². The first-order valence-corrected chi connectivity index (χ1v) is 7.54. The second kappa shape index (κ2) is 7.28. The molecule has 0 aliphatic rings. The molecule has 2 rings (SSSR count). The summed E-state index contributed by atoms with van der Waals surface area (Å²) in [6.45, 7) is 2.25. The molecule has 0 unspecified atom stereocenters. The van der Waals surface area contributed by atoms with Gasteiger partial charge in [-0.3, -0.25) is 4.79 Å². The lowest BCUT2D eigenvalue weighted by Crippen LogP contribution is -2.33. The van der Waals surface area contributed by atoms with E-state index in [-0.39, 0.29) is 17.2 Å². The fraction of sp³-hybridized carbons (Fsp3) is 0.286. The largest absolute Gasteiger partial charge is 0.497 e. The third-order valence-corrected chi connectivity index (χ3v) is 3.90. The van der Waals surface area contributed by atoms with Gasteiger partial charge in [0.1, 0.15) is 22.5 Å². The zero-order valence-electron chi connectivity index (χ0n) is 11.6. The zero-order valence-corrected chi connectivity index (χ0v) is 13.2. The number of amides is 1. The van der Waals surface area contributed by atoms with Crippen LogP contribution in [0.1, 0.15) is 16.6 Å². The van der Waals surface area contributed by atoms with Crippen molar-refractivity contribution in [2.45, 2.75) is 13.0 Å². The van der Waals surface area contributed by atoms with Crippen LogP contribution in [0.5, 0.6) is 11.5 Å². The van der Waals surface area contributed by atoms with Crippen LogP contribution < -0.4 is 14.8 Å². The van der Waals surface area contributed by atoms with Gasteiger partial charge in [-0.1, -0.05) is 11.6 Å². The monoisotopic (exact) mass is 326 g/mol. The molecule has 0 spiro atoms. The van der Waals surface area contributed by atoms with E-state index in [4.69, 9.17) is 21.1 Å². The average Bonchev–Trinajstić information content (AvgIpc) is 2.92. The molecule has 1 aromatic heterocycles. The first kappa shape index (κ1) is 15.6. The molecule has 5 nitrogen and oxygen atoms in total. The molecule has 0 bridgehead atoms. The van der Waals surface area contributed by atoms with Crippen molar-refractivity contribution in [3.8, 4) is 11.5 Å². The number of rotatable bonds is 6. The smallest absolute Gasteiger partial charge is 0.264 e. The molecule has 2 aromatic rings. The van der Waals surface area contributed by atoms with Crippen molar-refractivity contribution in [1.82, 2.24) is 10.3 Å². The Kier molecular flexibility index (Phi) is 5.41. The molecule has 1 atom stereocenters. The molecule has 0 aliphatic heterocycles. The average molecular weight is 327 g/mol. The normalized spacial score (nSPS) is 11.8. The minimum absolute atomic E-state index is 0.172. The second-order valence-electron chi connectivity index (χ2n) is 4.29. The van der Waals surface area contributed by atoms with Crippen molar-refractivity contribution in [2.75, 3.05) is 13.7 Å². The topological polar surface area (TPSA) is 60.5 Å². The van der Waals surface area contributed by atoms with Crippen LogP contribution >= 0.6 is 22.9 Å². The SMILES string of the molecule is COc1ccc(O[C@H](C)CNC(=O)c2scnc2Cl)cc1. The number of nitrogens with one attached hydrogen (secondary N) is 1. The van der Waals surface area contributed by atoms with Gasteiger partial charge in [0.15, 0.2) is 5.15 Å². The number of thiazole rings is 1. The third-order valence-electron chi connectivity index (χ3n) is 2.68. The van der Waals surface area contributed by atoms with Crippen molar-refractivity contribution >= 4 is 28.8 Å². The van der Waals surface area contributed by atoms with Gasteiger partial charge < -0.3 is 14.8 Å². The summed E-state index contributed by atoms with van der Waals surface area (Å²) in [6.07, 6.45) is -0.172. The quantitative estimate of drug-likeness (QED) is 0.886. The lowest BCUT2D eigenvalue weighted by molar-refractivity contribution is 0.0936. The second-order valence-corrected chi connectivity index (χ2v) is 5.50. The number of benzene rings is 1. The zero-order chi connectivity index (χ0) is 15.2. The molecule has 0 radical (unpaired) electrons. The van der Waals surface area contributed by atoms with E-state index in [1.165, 1.54) is 16.8 Å². The minimum Gasteiger partial charge on any atom is -0.497 e. The molecule has 0 fully saturated rings. The maximum absolute atomic E-state index is 11.9. The van der Waals surface area contributed by atoms with Gasteiger partial charge in [0.25, 0.3) is 5.91 Å². The Morgan fingerprint density at radius 2 is 2.05 bits per heavy atom. The van der Waals surface area contributed by atoms with Crippen LogP contribution in [0.3, 0.4) is 0 Å². The fourth-order valence-electron chi connectivity index (χ4n) is 1.62. The lowest BCUT2D eigenvalue weighted by Gasteiger charge is -2.15. The highest BCUT2D eigenvalue weighted by molar-refractivity contribution is 7.12. The molecule has 1 heterocycles. The summed E-state index contributed by atoms with van der Waals surface area (Å²) >= 11 is 7.01. The Bertz CT molecular complexity index is 601. The van der Waals surface area contributed by atoms with Crippen LogP contribution in [-0.4, -0.2) is 30.6 Å². The predicted molar refractivity (Wildman–Crippen MR) is 82.5 cm³/mol. The standard InChI is InChI=1S/C14H15ClN2O3S/c1-9(20-11-5-3-10(19-2)4-6-11)7-16-14(18)12-13(15)17-8-21-12/h3-6,8-9H,7H2,1-2H3,(H,16,18)/t9-/m1/s1. The van der Waals surface area contributed by atoms with E-state index in [2.05, 4.69) is 10.3 Å². The van der Waals surface area contributed by atoms with Crippen LogP contribution in [0.2, 0.25) is 5.15 Å². The Labute approximate surface area is 131 Å². The Hall–Kier alpha value is -1.79. The molecule has 0 saturated heterocycles. The fourth-order valence-corrected chi connectivity index (χ4v) is 2.54. The van der Waals surface area contributed by atoms with Crippen molar-refractivity contribution in [1.29, 1.82) is 0 Å². The summed E-state index contributed by atoms with van der Waals surface area (Å²) in [5.74, 6) is 1.24. The first-order chi connectivity index (χ1) is 10.1. The molecule has 1 aromatic carbocycles. The number of hydrogen-bond donors (Lipinski definition) is 1. The molecule has 112 valence electrons. The van der Waals surface area contributed by atoms with Gasteiger partial charge in [-0.25, -0.2) is 4.98 Å². The number of carbonyl (C=O) groups excluding carboxylic acids is 1. The van der Waals surface area contributed by atoms with Crippen LogP contribution in [-0.2, 0) is 0 Å². The summed E-state index contributed by atoms with van der Waals surface area (Å²) in [5, 5.41) is 2.99. The molecule has 21 heavy (non-hydrogen) atoms. The van der Waals surface area contributed by atoms with Gasteiger partial charge in [-0.05, 0) is 31.2 Å². The van der Waals surface area contributed by atoms with Gasteiger partial charge >= 0.3 is 0 Å². The number of aromatic nitrogens is 1. The minimum atomic E-state index is -0.243. The number of carbonyl (C=O) groups is 1. The maximum atomic E-state index is 11.9. The van der Waals surface area contributed by atoms with E-state index in [0.29, 0.717) is 17.2 Å². The van der Waals surface area contributed by atoms with Crippen molar-refractivity contribution < 1.29 is 14.3 Å². The Morgan fingerprint density at radius 3 is 2.62 bits per heavy atom. The molecule has 1 N–H and O–H groups in total. The van der Waals surface area contributed by atoms with Crippen LogP contribution in [0, 0.1) is 0 Å². The summed E-state index contributed by atoms with van der Waals surface area (Å²) in [4.78, 5) is 16.1. The van der Waals surface area contributed by atoms with Crippen molar-refractivity contribution in [3.63, 3.8) is 0 Å². The number of halogens is 1. The highest BCUT2D eigenvalue weighted by Gasteiger charge is 2.14. The van der Waals surface area contributed by atoms with Crippen molar-refractivity contribution in [3.05, 3.63) is 39.8 Å². The van der Waals surface area contributed by atoms with Crippen LogP contribution in [0.15, 0.2) is 29.8 Å². The van der Waals surface area contributed by atoms with E-state index < -0.39 is 0 Å². The van der Waals surface area contributed by atoms with Crippen molar-refractivity contribution in [2.24, 2.45) is 0 Å². The van der Waals surface area contributed by atoms with E-state index >= 15 is 0 Å². The molecule has 1 amide bonds. The van der Waals surface area contributed by atoms with Gasteiger partial charge in [0.2, 0.25) is 0 Å². The number of methoxy groups -OCH3 is 1. The van der Waals surface area contributed by atoms with E-state index in [9.17, 15) is 4.79 Å².